The summed E-state index contributed by atoms with van der Waals surface area (Å²) in [5.74, 6) is -0.725. The number of rotatable bonds is 5. The van der Waals surface area contributed by atoms with Crippen molar-refractivity contribution in [3.8, 4) is 6.07 Å². The van der Waals surface area contributed by atoms with Crippen LogP contribution in [-0.4, -0.2) is 4.92 Å². The van der Waals surface area contributed by atoms with Crippen molar-refractivity contribution in [2.45, 2.75) is 11.5 Å². The maximum absolute atomic E-state index is 12.2. The highest BCUT2D eigenvalue weighted by molar-refractivity contribution is 5.44. The number of hydrogen-bond acceptors (Lipinski definition) is 3. The van der Waals surface area contributed by atoms with Gasteiger partial charge in [-0.3, -0.25) is 10.1 Å². The van der Waals surface area contributed by atoms with Crippen molar-refractivity contribution in [1.82, 2.24) is 0 Å². The SMILES string of the molecule is N#CC(c1ccccc1)(C(c1ccccc1)c1ccccc1)[N+](=O)[O-]. The lowest BCUT2D eigenvalue weighted by Gasteiger charge is -2.28. The second-order valence-corrected chi connectivity index (χ2v) is 5.76. The summed E-state index contributed by atoms with van der Waals surface area (Å²) in [6, 6.07) is 28.9. The van der Waals surface area contributed by atoms with Crippen LogP contribution in [0.2, 0.25) is 0 Å². The second-order valence-electron chi connectivity index (χ2n) is 5.76. The minimum atomic E-state index is -1.91. The van der Waals surface area contributed by atoms with Crippen LogP contribution in [0.4, 0.5) is 0 Å². The molecule has 0 radical (unpaired) electrons. The maximum atomic E-state index is 12.2. The van der Waals surface area contributed by atoms with E-state index in [1.165, 1.54) is 0 Å². The van der Waals surface area contributed by atoms with E-state index in [4.69, 9.17) is 0 Å². The van der Waals surface area contributed by atoms with Crippen molar-refractivity contribution in [1.29, 1.82) is 5.26 Å². The molecule has 25 heavy (non-hydrogen) atoms. The Morgan fingerprint density at radius 3 is 1.56 bits per heavy atom. The first-order valence-corrected chi connectivity index (χ1v) is 7.91. The molecule has 0 bridgehead atoms. The van der Waals surface area contributed by atoms with E-state index in [-0.39, 0.29) is 0 Å². The van der Waals surface area contributed by atoms with E-state index in [1.54, 1.807) is 30.3 Å². The third-order valence-electron chi connectivity index (χ3n) is 4.36. The summed E-state index contributed by atoms with van der Waals surface area (Å²) in [4.78, 5) is 11.8. The Morgan fingerprint density at radius 2 is 1.20 bits per heavy atom. The molecule has 0 fully saturated rings. The zero-order chi connectivity index (χ0) is 17.7. The molecule has 0 heterocycles. The van der Waals surface area contributed by atoms with Crippen LogP contribution < -0.4 is 0 Å². The van der Waals surface area contributed by atoms with Crippen LogP contribution in [0.5, 0.6) is 0 Å². The molecule has 0 saturated carbocycles. The number of benzene rings is 3. The van der Waals surface area contributed by atoms with Gasteiger partial charge in [-0.1, -0.05) is 91.0 Å². The van der Waals surface area contributed by atoms with E-state index in [1.807, 2.05) is 66.7 Å². The first-order valence-electron chi connectivity index (χ1n) is 7.91. The second kappa shape index (κ2) is 6.98. The summed E-state index contributed by atoms with van der Waals surface area (Å²) in [5.41, 5.74) is -0.0731. The maximum Gasteiger partial charge on any atom is 0.341 e. The summed E-state index contributed by atoms with van der Waals surface area (Å²) in [6.45, 7) is 0. The molecule has 3 rings (SSSR count). The minimum Gasteiger partial charge on any atom is -0.262 e. The molecule has 0 aliphatic carbocycles. The molecule has 0 saturated heterocycles. The van der Waals surface area contributed by atoms with Gasteiger partial charge in [0.05, 0.1) is 5.92 Å². The molecule has 0 N–H and O–H groups in total. The molecule has 0 aromatic heterocycles. The average molecular weight is 328 g/mol. The van der Waals surface area contributed by atoms with Gasteiger partial charge in [0, 0.05) is 10.5 Å². The van der Waals surface area contributed by atoms with Gasteiger partial charge in [-0.2, -0.15) is 5.26 Å². The fourth-order valence-electron chi connectivity index (χ4n) is 3.21. The number of nitriles is 1. The Labute approximate surface area is 146 Å². The van der Waals surface area contributed by atoms with Crippen molar-refractivity contribution in [3.05, 3.63) is 118 Å². The molecular weight excluding hydrogens is 312 g/mol. The van der Waals surface area contributed by atoms with Crippen molar-refractivity contribution in [2.24, 2.45) is 0 Å². The average Bonchev–Trinajstić information content (AvgIpc) is 2.68. The topological polar surface area (TPSA) is 66.9 Å². The normalized spacial score (nSPS) is 13.0. The molecule has 0 spiro atoms. The fraction of sp³-hybridized carbons (Fsp3) is 0.0952. The van der Waals surface area contributed by atoms with Crippen molar-refractivity contribution in [3.63, 3.8) is 0 Å². The van der Waals surface area contributed by atoms with Crippen LogP contribution in [0, 0.1) is 21.4 Å². The monoisotopic (exact) mass is 328 g/mol. The lowest BCUT2D eigenvalue weighted by atomic mass is 9.72. The van der Waals surface area contributed by atoms with E-state index in [0.29, 0.717) is 5.56 Å². The van der Waals surface area contributed by atoms with Crippen molar-refractivity contribution < 1.29 is 4.92 Å². The highest BCUT2D eigenvalue weighted by atomic mass is 16.6. The summed E-state index contributed by atoms with van der Waals surface area (Å²) in [5, 5.41) is 22.2. The molecule has 1 unspecified atom stereocenters. The zero-order valence-corrected chi connectivity index (χ0v) is 13.4. The molecule has 1 atom stereocenters. The van der Waals surface area contributed by atoms with E-state index < -0.39 is 16.4 Å². The van der Waals surface area contributed by atoms with Gasteiger partial charge in [0.15, 0.2) is 6.07 Å². The van der Waals surface area contributed by atoms with E-state index in [2.05, 4.69) is 0 Å². The highest BCUT2D eigenvalue weighted by Gasteiger charge is 2.54. The third-order valence-corrected chi connectivity index (χ3v) is 4.36. The van der Waals surface area contributed by atoms with Crippen LogP contribution in [0.1, 0.15) is 22.6 Å². The van der Waals surface area contributed by atoms with E-state index in [0.717, 1.165) is 11.1 Å². The van der Waals surface area contributed by atoms with Gasteiger partial charge in [0.2, 0.25) is 0 Å². The van der Waals surface area contributed by atoms with Crippen LogP contribution in [0.15, 0.2) is 91.0 Å². The van der Waals surface area contributed by atoms with Gasteiger partial charge in [0.1, 0.15) is 0 Å². The van der Waals surface area contributed by atoms with Gasteiger partial charge in [-0.15, -0.1) is 0 Å². The molecule has 0 aliphatic heterocycles. The van der Waals surface area contributed by atoms with Crippen LogP contribution in [0.25, 0.3) is 0 Å². The smallest absolute Gasteiger partial charge is 0.262 e. The predicted molar refractivity (Wildman–Crippen MR) is 95.5 cm³/mol. The van der Waals surface area contributed by atoms with Gasteiger partial charge in [-0.05, 0) is 11.1 Å². The molecule has 3 aromatic rings. The van der Waals surface area contributed by atoms with Gasteiger partial charge in [-0.25, -0.2) is 0 Å². The Balaban J connectivity index is 2.32. The number of nitro groups is 1. The summed E-state index contributed by atoms with van der Waals surface area (Å²) < 4.78 is 0. The first kappa shape index (κ1) is 16.4. The fourth-order valence-corrected chi connectivity index (χ4v) is 3.21. The third kappa shape index (κ3) is 2.88. The molecule has 0 aliphatic rings. The number of nitrogens with zero attached hydrogens (tertiary/aromatic N) is 2. The van der Waals surface area contributed by atoms with Gasteiger partial charge < -0.3 is 0 Å². The standard InChI is InChI=1S/C21H16N2O2/c22-16-21(23(24)25,19-14-8-3-9-15-19)20(17-10-4-1-5-11-17)18-12-6-2-7-13-18/h1-15,20H. The first-order chi connectivity index (χ1) is 12.2. The minimum absolute atomic E-state index is 0.375. The summed E-state index contributed by atoms with van der Waals surface area (Å²) in [7, 11) is 0. The lowest BCUT2D eigenvalue weighted by molar-refractivity contribution is -0.564. The van der Waals surface area contributed by atoms with Crippen LogP contribution in [0.3, 0.4) is 0 Å². The Morgan fingerprint density at radius 1 is 0.800 bits per heavy atom. The highest BCUT2D eigenvalue weighted by Crippen LogP contribution is 2.43. The Kier molecular flexibility index (Phi) is 4.58. The van der Waals surface area contributed by atoms with Crippen molar-refractivity contribution in [2.75, 3.05) is 0 Å². The van der Waals surface area contributed by atoms with E-state index in [9.17, 15) is 15.4 Å². The molecule has 122 valence electrons. The number of hydrogen-bond donors (Lipinski definition) is 0. The Bertz CT molecular complexity index is 850. The Hall–Kier alpha value is -3.45. The molecule has 4 heteroatoms. The van der Waals surface area contributed by atoms with Crippen LogP contribution >= 0.6 is 0 Å². The summed E-state index contributed by atoms with van der Waals surface area (Å²) >= 11 is 0. The predicted octanol–water partition coefficient (Wildman–Crippen LogP) is 4.51. The van der Waals surface area contributed by atoms with Gasteiger partial charge in [0.25, 0.3) is 0 Å². The quantitative estimate of drug-likeness (QED) is 0.511. The molecule has 0 amide bonds. The van der Waals surface area contributed by atoms with E-state index >= 15 is 0 Å². The lowest BCUT2D eigenvalue weighted by Crippen LogP contribution is -2.41. The summed E-state index contributed by atoms with van der Waals surface area (Å²) in [6.07, 6.45) is 0. The molecular formula is C21H16N2O2. The van der Waals surface area contributed by atoms with Crippen molar-refractivity contribution >= 4 is 0 Å². The molecule has 4 nitrogen and oxygen atoms in total. The van der Waals surface area contributed by atoms with Gasteiger partial charge >= 0.3 is 5.54 Å². The largest absolute Gasteiger partial charge is 0.341 e. The van der Waals surface area contributed by atoms with Crippen LogP contribution in [-0.2, 0) is 5.54 Å². The zero-order valence-electron chi connectivity index (χ0n) is 13.4. The molecule has 3 aromatic carbocycles.